The van der Waals surface area contributed by atoms with Crippen molar-refractivity contribution in [3.8, 4) is 0 Å². The number of aryl methyl sites for hydroxylation is 1. The number of fused-ring (bicyclic) bond motifs is 2. The maximum atomic E-state index is 13.7. The van der Waals surface area contributed by atoms with Crippen molar-refractivity contribution in [3.05, 3.63) is 82.6 Å². The Morgan fingerprint density at radius 3 is 2.79 bits per heavy atom. The number of carbonyl (C=O) groups is 1. The summed E-state index contributed by atoms with van der Waals surface area (Å²) >= 11 is 0. The molecule has 2 aromatic rings. The van der Waals surface area contributed by atoms with Gasteiger partial charge in [-0.2, -0.15) is 0 Å². The Morgan fingerprint density at radius 1 is 1.10 bits per heavy atom. The zero-order valence-corrected chi connectivity index (χ0v) is 16.1. The molecule has 0 saturated carbocycles. The van der Waals surface area contributed by atoms with Crippen LogP contribution in [-0.2, 0) is 17.8 Å². The summed E-state index contributed by atoms with van der Waals surface area (Å²) in [6.45, 7) is -2.03. The first-order chi connectivity index (χ1) is 16.2. The van der Waals surface area contributed by atoms with Crippen molar-refractivity contribution in [3.63, 3.8) is 0 Å². The summed E-state index contributed by atoms with van der Waals surface area (Å²) in [6, 6.07) is 15.8. The van der Waals surface area contributed by atoms with Crippen molar-refractivity contribution in [2.75, 3.05) is 26.2 Å². The fourth-order valence-corrected chi connectivity index (χ4v) is 4.18. The molecule has 3 aliphatic rings. The van der Waals surface area contributed by atoms with Gasteiger partial charge in [0.2, 0.25) is 5.96 Å². The highest BCUT2D eigenvalue weighted by atomic mass is 16.2. The number of carbonyl (C=O) groups excluding carboxylic acids is 1. The predicted octanol–water partition coefficient (Wildman–Crippen LogP) is 3.17. The van der Waals surface area contributed by atoms with Crippen LogP contribution in [0, 0.1) is 6.85 Å². The molecule has 0 fully saturated rings. The largest absolute Gasteiger partial charge is 0.314 e. The zero-order chi connectivity index (χ0) is 24.1. The van der Waals surface area contributed by atoms with Crippen molar-refractivity contribution >= 4 is 11.9 Å². The summed E-state index contributed by atoms with van der Waals surface area (Å²) in [6.07, 6.45) is 0.548. The van der Waals surface area contributed by atoms with E-state index in [4.69, 9.17) is 6.85 Å². The highest BCUT2D eigenvalue weighted by Gasteiger charge is 2.40. The van der Waals surface area contributed by atoms with Gasteiger partial charge < -0.3 is 4.90 Å². The quantitative estimate of drug-likeness (QED) is 0.804. The molecule has 0 radical (unpaired) electrons. The lowest BCUT2D eigenvalue weighted by Gasteiger charge is -2.42. The number of guanidine groups is 1. The SMILES string of the molecule is [2H]C([2H])([2H])c1ccccc1CN1C(=O)C2=C(CCN(C([2H])([2H])c3ccccc3)C2)N2CCN=C12. The maximum absolute atomic E-state index is 13.7. The van der Waals surface area contributed by atoms with Crippen molar-refractivity contribution in [1.29, 1.82) is 0 Å². The summed E-state index contributed by atoms with van der Waals surface area (Å²) in [5, 5.41) is 0. The molecule has 0 N–H and O–H groups in total. The second-order valence-corrected chi connectivity index (χ2v) is 7.46. The molecule has 5 nitrogen and oxygen atoms in total. The van der Waals surface area contributed by atoms with Gasteiger partial charge in [-0.1, -0.05) is 54.6 Å². The second-order valence-electron chi connectivity index (χ2n) is 7.46. The highest BCUT2D eigenvalue weighted by Crippen LogP contribution is 2.32. The Morgan fingerprint density at radius 2 is 1.93 bits per heavy atom. The van der Waals surface area contributed by atoms with Gasteiger partial charge in [-0.25, -0.2) is 0 Å². The van der Waals surface area contributed by atoms with Crippen molar-refractivity contribution in [2.45, 2.75) is 26.3 Å². The molecule has 29 heavy (non-hydrogen) atoms. The number of hydrogen-bond acceptors (Lipinski definition) is 4. The number of amides is 1. The van der Waals surface area contributed by atoms with Gasteiger partial charge in [0.05, 0.1) is 18.7 Å². The molecule has 0 atom stereocenters. The molecule has 5 rings (SSSR count). The first kappa shape index (κ1) is 13.3. The van der Waals surface area contributed by atoms with Crippen molar-refractivity contribution in [1.82, 2.24) is 14.7 Å². The Labute approximate surface area is 179 Å². The van der Waals surface area contributed by atoms with E-state index in [-0.39, 0.29) is 24.6 Å². The normalized spacial score (nSPS) is 22.8. The molecular formula is C24H26N4O. The van der Waals surface area contributed by atoms with Crippen LogP contribution in [0.1, 0.15) is 30.0 Å². The number of rotatable bonds is 4. The molecule has 3 heterocycles. The minimum atomic E-state index is -2.29. The average molecular weight is 392 g/mol. The number of benzene rings is 2. The molecule has 5 heteroatoms. The van der Waals surface area contributed by atoms with E-state index in [1.54, 1.807) is 46.2 Å². The van der Waals surface area contributed by atoms with E-state index in [1.165, 1.54) is 0 Å². The highest BCUT2D eigenvalue weighted by molar-refractivity contribution is 6.09. The number of nitrogens with zero attached hydrogens (tertiary/aromatic N) is 4. The van der Waals surface area contributed by atoms with E-state index < -0.39 is 13.3 Å². The van der Waals surface area contributed by atoms with Crippen LogP contribution in [0.25, 0.3) is 0 Å². The molecule has 0 spiro atoms. The van der Waals surface area contributed by atoms with Gasteiger partial charge in [-0.15, -0.1) is 0 Å². The molecule has 0 saturated heterocycles. The summed E-state index contributed by atoms with van der Waals surface area (Å²) < 4.78 is 41.2. The summed E-state index contributed by atoms with van der Waals surface area (Å²) in [5.41, 5.74) is 2.79. The lowest BCUT2D eigenvalue weighted by Crippen LogP contribution is -2.53. The van der Waals surface area contributed by atoms with Crippen LogP contribution in [0.2, 0.25) is 0 Å². The van der Waals surface area contributed by atoms with Crippen LogP contribution in [0.5, 0.6) is 0 Å². The molecule has 2 aromatic carbocycles. The van der Waals surface area contributed by atoms with E-state index in [1.807, 2.05) is 23.1 Å². The summed E-state index contributed by atoms with van der Waals surface area (Å²) in [7, 11) is 0. The zero-order valence-electron chi connectivity index (χ0n) is 21.1. The third kappa shape index (κ3) is 3.36. The van der Waals surface area contributed by atoms with Crippen LogP contribution < -0.4 is 0 Å². The first-order valence-corrected chi connectivity index (χ1v) is 9.93. The minimum absolute atomic E-state index is 0.102. The van der Waals surface area contributed by atoms with Gasteiger partial charge in [-0.05, 0) is 23.5 Å². The third-order valence-corrected chi connectivity index (χ3v) is 5.61. The van der Waals surface area contributed by atoms with Crippen LogP contribution in [0.4, 0.5) is 0 Å². The van der Waals surface area contributed by atoms with Gasteiger partial charge >= 0.3 is 0 Å². The van der Waals surface area contributed by atoms with Crippen molar-refractivity contribution in [2.24, 2.45) is 4.99 Å². The lowest BCUT2D eigenvalue weighted by atomic mass is 9.99. The van der Waals surface area contributed by atoms with E-state index in [9.17, 15) is 4.79 Å². The predicted molar refractivity (Wildman–Crippen MR) is 114 cm³/mol. The fourth-order valence-electron chi connectivity index (χ4n) is 4.18. The van der Waals surface area contributed by atoms with E-state index in [2.05, 4.69) is 4.99 Å². The fraction of sp³-hybridized carbons (Fsp3) is 0.333. The Kier molecular flexibility index (Phi) is 3.44. The molecular weight excluding hydrogens is 360 g/mol. The van der Waals surface area contributed by atoms with E-state index in [0.717, 1.165) is 5.70 Å². The monoisotopic (exact) mass is 391 g/mol. The second kappa shape index (κ2) is 7.48. The molecule has 0 aliphatic carbocycles. The molecule has 1 amide bonds. The Hall–Kier alpha value is -2.92. The van der Waals surface area contributed by atoms with Crippen LogP contribution >= 0.6 is 0 Å². The maximum Gasteiger partial charge on any atom is 0.259 e. The van der Waals surface area contributed by atoms with E-state index >= 15 is 0 Å². The Bertz CT molecular complexity index is 1180. The summed E-state index contributed by atoms with van der Waals surface area (Å²) in [4.78, 5) is 23.6. The first-order valence-electron chi connectivity index (χ1n) is 12.4. The van der Waals surface area contributed by atoms with Crippen LogP contribution in [0.3, 0.4) is 0 Å². The number of hydrogen-bond donors (Lipinski definition) is 0. The van der Waals surface area contributed by atoms with Gasteiger partial charge in [0, 0.05) is 45.1 Å². The lowest BCUT2D eigenvalue weighted by molar-refractivity contribution is -0.125. The molecule has 0 aromatic heterocycles. The molecule has 3 aliphatic heterocycles. The standard InChI is InChI=1S/C24H26N4O/c1-18-7-5-6-10-20(18)16-28-23(29)21-17-26(15-19-8-3-2-4-9-19)13-11-22(21)27-14-12-25-24(27)28/h2-10H,11-17H2,1H3/i1D3,15D2. The van der Waals surface area contributed by atoms with Gasteiger partial charge in [-0.3, -0.25) is 19.6 Å². The average Bonchev–Trinajstić information content (AvgIpc) is 3.31. The number of aliphatic imine (C=N–C) groups is 1. The van der Waals surface area contributed by atoms with Gasteiger partial charge in [0.25, 0.3) is 5.91 Å². The van der Waals surface area contributed by atoms with Gasteiger partial charge in [0.15, 0.2) is 0 Å². The third-order valence-electron chi connectivity index (χ3n) is 5.61. The van der Waals surface area contributed by atoms with Crippen LogP contribution in [-0.4, -0.2) is 52.7 Å². The van der Waals surface area contributed by atoms with E-state index in [0.29, 0.717) is 48.7 Å². The molecule has 148 valence electrons. The minimum Gasteiger partial charge on any atom is -0.314 e. The van der Waals surface area contributed by atoms with Crippen molar-refractivity contribution < 1.29 is 11.6 Å². The summed E-state index contributed by atoms with van der Waals surface area (Å²) in [5.74, 6) is 0.324. The molecule has 0 unspecified atom stereocenters. The van der Waals surface area contributed by atoms with Gasteiger partial charge in [0.1, 0.15) is 0 Å². The smallest absolute Gasteiger partial charge is 0.259 e. The molecule has 0 bridgehead atoms. The Balaban J connectivity index is 1.48. The topological polar surface area (TPSA) is 39.2 Å². The van der Waals surface area contributed by atoms with Crippen LogP contribution in [0.15, 0.2) is 70.9 Å².